The van der Waals surface area contributed by atoms with E-state index in [1.165, 1.54) is 57.8 Å². The minimum atomic E-state index is 0.436. The molecule has 0 atom stereocenters. The summed E-state index contributed by atoms with van der Waals surface area (Å²) in [5.74, 6) is 2.41. The largest absolute Gasteiger partial charge is 0.491 e. The molecule has 1 aromatic heterocycles. The molecule has 0 bridgehead atoms. The Balaban J connectivity index is 1.60. The first kappa shape index (κ1) is 18.4. The van der Waals surface area contributed by atoms with Crippen LogP contribution in [-0.4, -0.2) is 30.2 Å². The first-order valence-corrected chi connectivity index (χ1v) is 9.79. The molecule has 1 N–H and O–H groups in total. The molecule has 3 rings (SSSR count). The van der Waals surface area contributed by atoms with Gasteiger partial charge in [0.05, 0.1) is 13.7 Å². The van der Waals surface area contributed by atoms with Gasteiger partial charge in [0.2, 0.25) is 0 Å². The predicted molar refractivity (Wildman–Crippen MR) is 99.9 cm³/mol. The molecule has 1 heterocycles. The molecule has 2 fully saturated rings. The molecule has 0 aromatic carbocycles. The third-order valence-electron chi connectivity index (χ3n) is 6.41. The van der Waals surface area contributed by atoms with E-state index in [2.05, 4.69) is 22.2 Å². The Hall–Kier alpha value is -1.36. The Labute approximate surface area is 151 Å². The van der Waals surface area contributed by atoms with Crippen molar-refractivity contribution in [2.24, 2.45) is 11.3 Å². The second-order valence-corrected chi connectivity index (χ2v) is 8.04. The lowest BCUT2D eigenvalue weighted by molar-refractivity contribution is 0.0848. The normalized spacial score (nSPS) is 26.2. The number of rotatable bonds is 6. The van der Waals surface area contributed by atoms with Crippen molar-refractivity contribution < 1.29 is 9.47 Å². The lowest BCUT2D eigenvalue weighted by atomic mass is 9.62. The number of anilines is 1. The van der Waals surface area contributed by atoms with Gasteiger partial charge in [0.15, 0.2) is 11.6 Å². The van der Waals surface area contributed by atoms with Gasteiger partial charge in [0.1, 0.15) is 12.0 Å². The Kier molecular flexibility index (Phi) is 6.15. The second-order valence-electron chi connectivity index (χ2n) is 8.04. The first-order chi connectivity index (χ1) is 12.2. The van der Waals surface area contributed by atoms with E-state index in [0.29, 0.717) is 23.8 Å². The Morgan fingerprint density at radius 3 is 2.44 bits per heavy atom. The lowest BCUT2D eigenvalue weighted by Gasteiger charge is -2.44. The van der Waals surface area contributed by atoms with Crippen molar-refractivity contribution in [3.63, 3.8) is 0 Å². The average Bonchev–Trinajstić information content (AvgIpc) is 2.63. The summed E-state index contributed by atoms with van der Waals surface area (Å²) in [6.07, 6.45) is 13.8. The minimum Gasteiger partial charge on any atom is -0.491 e. The van der Waals surface area contributed by atoms with Gasteiger partial charge in [-0.2, -0.15) is 0 Å². The molecule has 2 aliphatic rings. The maximum atomic E-state index is 5.54. The maximum Gasteiger partial charge on any atom is 0.185 e. The van der Waals surface area contributed by atoms with Crippen LogP contribution in [0.1, 0.15) is 70.4 Å². The highest BCUT2D eigenvalue weighted by atomic mass is 16.5. The van der Waals surface area contributed by atoms with Crippen LogP contribution in [0, 0.1) is 11.3 Å². The summed E-state index contributed by atoms with van der Waals surface area (Å²) in [5.41, 5.74) is 1.38. The number of hydrogen-bond donors (Lipinski definition) is 1. The molecule has 0 saturated heterocycles. The number of nitrogens with one attached hydrogen (secondary N) is 1. The van der Waals surface area contributed by atoms with Gasteiger partial charge in [-0.05, 0) is 49.9 Å². The third-order valence-corrected chi connectivity index (χ3v) is 6.41. The fraction of sp³-hybridized carbons (Fsp3) is 0.800. The molecule has 0 spiro atoms. The second kappa shape index (κ2) is 8.35. The van der Waals surface area contributed by atoms with E-state index in [1.807, 2.05) is 0 Å². The van der Waals surface area contributed by atoms with E-state index >= 15 is 0 Å². The van der Waals surface area contributed by atoms with E-state index < -0.39 is 0 Å². The van der Waals surface area contributed by atoms with E-state index in [1.54, 1.807) is 20.5 Å². The number of aromatic nitrogens is 2. The fourth-order valence-corrected chi connectivity index (χ4v) is 4.86. The molecule has 2 saturated carbocycles. The molecule has 25 heavy (non-hydrogen) atoms. The smallest absolute Gasteiger partial charge is 0.185 e. The molecule has 0 amide bonds. The zero-order chi connectivity index (χ0) is 17.7. The van der Waals surface area contributed by atoms with Gasteiger partial charge in [0, 0.05) is 13.2 Å². The van der Waals surface area contributed by atoms with Crippen LogP contribution < -0.4 is 10.1 Å². The molecule has 0 radical (unpaired) electrons. The van der Waals surface area contributed by atoms with Crippen molar-refractivity contribution in [3.05, 3.63) is 12.0 Å². The summed E-state index contributed by atoms with van der Waals surface area (Å²) in [5, 5.41) is 3.60. The molecule has 2 aliphatic carbocycles. The predicted octanol–water partition coefficient (Wildman–Crippen LogP) is 4.57. The van der Waals surface area contributed by atoms with Crippen molar-refractivity contribution in [3.8, 4) is 5.75 Å². The molecule has 5 nitrogen and oxygen atoms in total. The third kappa shape index (κ3) is 4.25. The maximum absolute atomic E-state index is 5.54. The van der Waals surface area contributed by atoms with Crippen LogP contribution in [0.3, 0.4) is 0 Å². The fourth-order valence-electron chi connectivity index (χ4n) is 4.86. The van der Waals surface area contributed by atoms with Gasteiger partial charge >= 0.3 is 0 Å². The first-order valence-electron chi connectivity index (χ1n) is 9.79. The van der Waals surface area contributed by atoms with Gasteiger partial charge < -0.3 is 14.8 Å². The quantitative estimate of drug-likeness (QED) is 0.817. The molecular weight excluding hydrogens is 314 g/mol. The molecule has 0 aliphatic heterocycles. The molecule has 0 unspecified atom stereocenters. The minimum absolute atomic E-state index is 0.436. The Bertz CT molecular complexity index is 550. The van der Waals surface area contributed by atoms with Gasteiger partial charge in [-0.3, -0.25) is 0 Å². The van der Waals surface area contributed by atoms with Gasteiger partial charge in [-0.25, -0.2) is 9.97 Å². The van der Waals surface area contributed by atoms with Crippen LogP contribution in [0.25, 0.3) is 0 Å². The van der Waals surface area contributed by atoms with Crippen molar-refractivity contribution in [2.75, 3.05) is 19.5 Å². The monoisotopic (exact) mass is 347 g/mol. The summed E-state index contributed by atoms with van der Waals surface area (Å²) in [7, 11) is 3.34. The van der Waals surface area contributed by atoms with E-state index in [9.17, 15) is 0 Å². The molecular formula is C20H33N3O2. The Morgan fingerprint density at radius 2 is 1.80 bits per heavy atom. The van der Waals surface area contributed by atoms with Crippen molar-refractivity contribution in [2.45, 2.75) is 77.4 Å². The zero-order valence-corrected chi connectivity index (χ0v) is 16.0. The van der Waals surface area contributed by atoms with Crippen molar-refractivity contribution in [1.82, 2.24) is 9.97 Å². The summed E-state index contributed by atoms with van der Waals surface area (Å²) in [6.45, 7) is 2.97. The summed E-state index contributed by atoms with van der Waals surface area (Å²) >= 11 is 0. The summed E-state index contributed by atoms with van der Waals surface area (Å²) in [6, 6.07) is 0.475. The van der Waals surface area contributed by atoms with Crippen LogP contribution in [0.15, 0.2) is 6.33 Å². The van der Waals surface area contributed by atoms with Crippen LogP contribution in [0.4, 0.5) is 5.82 Å². The molecule has 140 valence electrons. The number of ether oxygens (including phenoxy) is 2. The average molecular weight is 348 g/mol. The van der Waals surface area contributed by atoms with Crippen LogP contribution >= 0.6 is 0 Å². The van der Waals surface area contributed by atoms with Crippen LogP contribution in [0.5, 0.6) is 5.75 Å². The molecule has 5 heteroatoms. The highest BCUT2D eigenvalue weighted by Crippen LogP contribution is 2.48. The summed E-state index contributed by atoms with van der Waals surface area (Å²) < 4.78 is 10.7. The SMILES string of the molecule is COCc1ncnc(N[C@H]2CC[C@@H](C3(C)CCCCC3)CC2)c1OC. The van der Waals surface area contributed by atoms with Gasteiger partial charge in [-0.1, -0.05) is 26.2 Å². The van der Waals surface area contributed by atoms with E-state index in [0.717, 1.165) is 17.4 Å². The van der Waals surface area contributed by atoms with Crippen molar-refractivity contribution in [1.29, 1.82) is 0 Å². The number of methoxy groups -OCH3 is 2. The highest BCUT2D eigenvalue weighted by Gasteiger charge is 2.37. The van der Waals surface area contributed by atoms with E-state index in [4.69, 9.17) is 9.47 Å². The lowest BCUT2D eigenvalue weighted by Crippen LogP contribution is -2.36. The van der Waals surface area contributed by atoms with Gasteiger partial charge in [0.25, 0.3) is 0 Å². The highest BCUT2D eigenvalue weighted by molar-refractivity contribution is 5.52. The summed E-state index contributed by atoms with van der Waals surface area (Å²) in [4.78, 5) is 8.68. The Morgan fingerprint density at radius 1 is 1.08 bits per heavy atom. The van der Waals surface area contributed by atoms with Gasteiger partial charge in [-0.15, -0.1) is 0 Å². The molecule has 1 aromatic rings. The van der Waals surface area contributed by atoms with Crippen molar-refractivity contribution >= 4 is 5.82 Å². The number of nitrogens with zero attached hydrogens (tertiary/aromatic N) is 2. The van der Waals surface area contributed by atoms with E-state index in [-0.39, 0.29) is 0 Å². The number of hydrogen-bond acceptors (Lipinski definition) is 5. The standard InChI is InChI=1S/C20H33N3O2/c1-20(11-5-4-6-12-20)15-7-9-16(10-8-15)23-19-18(25-3)17(13-24-2)21-14-22-19/h14-16H,4-13H2,1-3H3,(H,21,22,23)/t15-,16+. The van der Waals surface area contributed by atoms with Crippen LogP contribution in [-0.2, 0) is 11.3 Å². The topological polar surface area (TPSA) is 56.3 Å². The zero-order valence-electron chi connectivity index (χ0n) is 16.0. The van der Waals surface area contributed by atoms with Crippen LogP contribution in [0.2, 0.25) is 0 Å².